The van der Waals surface area contributed by atoms with Crippen LogP contribution in [0.4, 0.5) is 11.4 Å². The van der Waals surface area contributed by atoms with Crippen LogP contribution in [-0.4, -0.2) is 36.6 Å². The van der Waals surface area contributed by atoms with Gasteiger partial charge >= 0.3 is 0 Å². The average Bonchev–Trinajstić information content (AvgIpc) is 2.70. The summed E-state index contributed by atoms with van der Waals surface area (Å²) in [7, 11) is -3.65. The Kier molecular flexibility index (Phi) is 5.76. The van der Waals surface area contributed by atoms with E-state index in [-0.39, 0.29) is 16.1 Å². The van der Waals surface area contributed by atoms with Gasteiger partial charge in [-0.15, -0.1) is 0 Å². The molecule has 0 unspecified atom stereocenters. The Bertz CT molecular complexity index is 1010. The van der Waals surface area contributed by atoms with Gasteiger partial charge in [0, 0.05) is 30.8 Å². The molecule has 2 aromatic carbocycles. The first kappa shape index (κ1) is 20.0. The van der Waals surface area contributed by atoms with Gasteiger partial charge in [-0.2, -0.15) is 4.31 Å². The third-order valence-electron chi connectivity index (χ3n) is 4.73. The van der Waals surface area contributed by atoms with E-state index in [1.165, 1.54) is 40.7 Å². The molecule has 1 heterocycles. The van der Waals surface area contributed by atoms with Crippen molar-refractivity contribution in [1.29, 1.82) is 0 Å². The normalized spacial score (nSPS) is 15.2. The summed E-state index contributed by atoms with van der Waals surface area (Å²) in [6.07, 6.45) is 2.66. The number of aryl methyl sites for hydroxylation is 1. The van der Waals surface area contributed by atoms with Gasteiger partial charge in [0.2, 0.25) is 10.0 Å². The second-order valence-corrected chi connectivity index (χ2v) is 8.64. The van der Waals surface area contributed by atoms with Crippen molar-refractivity contribution in [2.45, 2.75) is 31.1 Å². The van der Waals surface area contributed by atoms with Crippen molar-refractivity contribution >= 4 is 27.3 Å². The molecule has 0 atom stereocenters. The summed E-state index contributed by atoms with van der Waals surface area (Å²) in [6, 6.07) is 10.0. The number of nitro groups is 1. The number of benzene rings is 2. The molecule has 1 fully saturated rings. The number of non-ortho nitro benzene ring substituents is 1. The van der Waals surface area contributed by atoms with Gasteiger partial charge < -0.3 is 5.32 Å². The van der Waals surface area contributed by atoms with Gasteiger partial charge in [-0.25, -0.2) is 8.42 Å². The van der Waals surface area contributed by atoms with Crippen molar-refractivity contribution in [3.63, 3.8) is 0 Å². The molecule has 0 spiro atoms. The third-order valence-corrected chi connectivity index (χ3v) is 6.62. The van der Waals surface area contributed by atoms with Crippen LogP contribution < -0.4 is 5.32 Å². The lowest BCUT2D eigenvalue weighted by Gasteiger charge is -2.26. The fourth-order valence-electron chi connectivity index (χ4n) is 3.10. The number of anilines is 1. The van der Waals surface area contributed by atoms with Gasteiger partial charge in [0.05, 0.1) is 15.5 Å². The van der Waals surface area contributed by atoms with Crippen molar-refractivity contribution < 1.29 is 18.1 Å². The first-order chi connectivity index (χ1) is 13.3. The topological polar surface area (TPSA) is 110 Å². The zero-order valence-electron chi connectivity index (χ0n) is 15.4. The fraction of sp³-hybridized carbons (Fsp3) is 0.316. The van der Waals surface area contributed by atoms with Crippen molar-refractivity contribution in [2.24, 2.45) is 0 Å². The number of carbonyl (C=O) groups is 1. The number of nitrogens with one attached hydrogen (secondary N) is 1. The zero-order valence-corrected chi connectivity index (χ0v) is 16.2. The van der Waals surface area contributed by atoms with Crippen molar-refractivity contribution in [2.75, 3.05) is 18.4 Å². The maximum absolute atomic E-state index is 12.8. The smallest absolute Gasteiger partial charge is 0.271 e. The van der Waals surface area contributed by atoms with Crippen molar-refractivity contribution in [3.05, 3.63) is 63.7 Å². The van der Waals surface area contributed by atoms with Crippen molar-refractivity contribution in [1.82, 2.24) is 4.31 Å². The number of sulfonamides is 1. The molecule has 148 valence electrons. The number of rotatable bonds is 5. The van der Waals surface area contributed by atoms with Gasteiger partial charge in [-0.05, 0) is 43.5 Å². The molecule has 1 N–H and O–H groups in total. The van der Waals surface area contributed by atoms with E-state index in [9.17, 15) is 23.3 Å². The molecule has 0 bridgehead atoms. The second-order valence-electron chi connectivity index (χ2n) is 6.70. The highest BCUT2D eigenvalue weighted by atomic mass is 32.2. The molecule has 3 rings (SSSR count). The lowest BCUT2D eigenvalue weighted by Crippen LogP contribution is -2.35. The molecule has 28 heavy (non-hydrogen) atoms. The van der Waals surface area contributed by atoms with Gasteiger partial charge in [-0.1, -0.05) is 18.6 Å². The monoisotopic (exact) mass is 403 g/mol. The molecule has 1 amide bonds. The molecule has 8 nitrogen and oxygen atoms in total. The van der Waals surface area contributed by atoms with E-state index in [1.807, 2.05) is 0 Å². The molecule has 1 saturated heterocycles. The van der Waals surface area contributed by atoms with Crippen LogP contribution in [0.25, 0.3) is 0 Å². The van der Waals surface area contributed by atoms with Crippen LogP contribution in [0.5, 0.6) is 0 Å². The van der Waals surface area contributed by atoms with Crippen LogP contribution in [0.2, 0.25) is 0 Å². The number of piperidine rings is 1. The van der Waals surface area contributed by atoms with Gasteiger partial charge in [0.15, 0.2) is 0 Å². The molecule has 1 aliphatic rings. The number of nitro benzene ring substituents is 1. The second kappa shape index (κ2) is 8.07. The molecule has 0 radical (unpaired) electrons. The quantitative estimate of drug-likeness (QED) is 0.608. The molecular formula is C19H21N3O5S. The van der Waals surface area contributed by atoms with Crippen LogP contribution in [0.1, 0.15) is 35.2 Å². The summed E-state index contributed by atoms with van der Waals surface area (Å²) >= 11 is 0. The zero-order chi connectivity index (χ0) is 20.3. The largest absolute Gasteiger partial charge is 0.321 e. The molecule has 1 aliphatic heterocycles. The Morgan fingerprint density at radius 3 is 2.50 bits per heavy atom. The first-order valence-electron chi connectivity index (χ1n) is 8.95. The Balaban J connectivity index is 1.85. The summed E-state index contributed by atoms with van der Waals surface area (Å²) in [5, 5.41) is 13.6. The standard InChI is InChI=1S/C19H21N3O5S/c1-14-8-9-16(22(24)25)13-18(14)20-19(23)15-6-5-7-17(12-15)28(26,27)21-10-3-2-4-11-21/h5-9,12-13H,2-4,10-11H2,1H3,(H,20,23). The molecule has 0 aliphatic carbocycles. The van der Waals surface area contributed by atoms with Gasteiger partial charge in [0.1, 0.15) is 0 Å². The number of carbonyl (C=O) groups excluding carboxylic acids is 1. The Hall–Kier alpha value is -2.78. The molecule has 9 heteroatoms. The number of hydrogen-bond donors (Lipinski definition) is 1. The van der Waals surface area contributed by atoms with E-state index in [1.54, 1.807) is 13.0 Å². The van der Waals surface area contributed by atoms with Gasteiger partial charge in [0.25, 0.3) is 11.6 Å². The van der Waals surface area contributed by atoms with E-state index in [0.717, 1.165) is 19.3 Å². The minimum atomic E-state index is -3.65. The van der Waals surface area contributed by atoms with Crippen LogP contribution in [0.15, 0.2) is 47.4 Å². The maximum Gasteiger partial charge on any atom is 0.271 e. The Labute approximate surface area is 163 Å². The molecule has 0 saturated carbocycles. The average molecular weight is 403 g/mol. The minimum absolute atomic E-state index is 0.0674. The highest BCUT2D eigenvalue weighted by Crippen LogP contribution is 2.24. The van der Waals surface area contributed by atoms with E-state index in [2.05, 4.69) is 5.32 Å². The van der Waals surface area contributed by atoms with Crippen LogP contribution in [0.3, 0.4) is 0 Å². The molecular weight excluding hydrogens is 382 g/mol. The predicted octanol–water partition coefficient (Wildman–Crippen LogP) is 3.33. The summed E-state index contributed by atoms with van der Waals surface area (Å²) in [5.41, 5.74) is 1.01. The summed E-state index contributed by atoms with van der Waals surface area (Å²) in [6.45, 7) is 2.67. The minimum Gasteiger partial charge on any atom is -0.321 e. The van der Waals surface area contributed by atoms with Crippen LogP contribution >= 0.6 is 0 Å². The predicted molar refractivity (Wildman–Crippen MR) is 105 cm³/mol. The summed E-state index contributed by atoms with van der Waals surface area (Å²) in [4.78, 5) is 23.1. The SMILES string of the molecule is Cc1ccc([N+](=O)[O-])cc1NC(=O)c1cccc(S(=O)(=O)N2CCCCC2)c1. The van der Waals surface area contributed by atoms with E-state index >= 15 is 0 Å². The molecule has 2 aromatic rings. The summed E-state index contributed by atoms with van der Waals surface area (Å²) in [5.74, 6) is -0.528. The highest BCUT2D eigenvalue weighted by Gasteiger charge is 2.26. The van der Waals surface area contributed by atoms with E-state index in [4.69, 9.17) is 0 Å². The first-order valence-corrected chi connectivity index (χ1v) is 10.4. The lowest BCUT2D eigenvalue weighted by atomic mass is 10.1. The van der Waals surface area contributed by atoms with Crippen LogP contribution in [0, 0.1) is 17.0 Å². The Morgan fingerprint density at radius 2 is 1.82 bits per heavy atom. The van der Waals surface area contributed by atoms with Crippen molar-refractivity contribution in [3.8, 4) is 0 Å². The van der Waals surface area contributed by atoms with Gasteiger partial charge in [-0.3, -0.25) is 14.9 Å². The lowest BCUT2D eigenvalue weighted by molar-refractivity contribution is -0.384. The van der Waals surface area contributed by atoms with Crippen LogP contribution in [-0.2, 0) is 10.0 Å². The van der Waals surface area contributed by atoms with E-state index < -0.39 is 20.9 Å². The van der Waals surface area contributed by atoms with E-state index in [0.29, 0.717) is 24.3 Å². The number of nitrogens with zero attached hydrogens (tertiary/aromatic N) is 2. The number of hydrogen-bond acceptors (Lipinski definition) is 5. The Morgan fingerprint density at radius 1 is 1.11 bits per heavy atom. The maximum atomic E-state index is 12.8. The molecule has 0 aromatic heterocycles. The highest BCUT2D eigenvalue weighted by molar-refractivity contribution is 7.89. The summed E-state index contributed by atoms with van der Waals surface area (Å²) < 4.78 is 27.1. The number of amides is 1. The fourth-order valence-corrected chi connectivity index (χ4v) is 4.67. The third kappa shape index (κ3) is 4.20.